The number of aliphatic carboxylic acids is 1. The van der Waals surface area contributed by atoms with Crippen molar-refractivity contribution in [3.63, 3.8) is 0 Å². The Morgan fingerprint density at radius 2 is 2.08 bits per heavy atom. The molecular formula is C17H21FN4O3S. The fourth-order valence-electron chi connectivity index (χ4n) is 2.92. The van der Waals surface area contributed by atoms with E-state index in [9.17, 15) is 19.1 Å². The molecule has 7 nitrogen and oxygen atoms in total. The highest BCUT2D eigenvalue weighted by Gasteiger charge is 2.26. The van der Waals surface area contributed by atoms with Gasteiger partial charge in [-0.1, -0.05) is 11.3 Å². The van der Waals surface area contributed by atoms with Crippen molar-refractivity contribution in [2.24, 2.45) is 5.92 Å². The van der Waals surface area contributed by atoms with Crippen LogP contribution in [0.3, 0.4) is 0 Å². The predicted molar refractivity (Wildman–Crippen MR) is 97.9 cm³/mol. The summed E-state index contributed by atoms with van der Waals surface area (Å²) in [6.45, 7) is 3.72. The molecule has 1 aliphatic heterocycles. The fraction of sp³-hybridized carbons (Fsp3) is 0.471. The number of nitrogens with zero attached hydrogens (tertiary/aromatic N) is 3. The number of anilines is 1. The van der Waals surface area contributed by atoms with Gasteiger partial charge in [-0.05, 0) is 25.2 Å². The fourth-order valence-corrected chi connectivity index (χ4v) is 3.83. The predicted octanol–water partition coefficient (Wildman–Crippen LogP) is 1.71. The number of carboxylic acids is 1. The maximum atomic E-state index is 13.2. The molecule has 1 amide bonds. The quantitative estimate of drug-likeness (QED) is 0.794. The monoisotopic (exact) mass is 380 g/mol. The summed E-state index contributed by atoms with van der Waals surface area (Å²) < 4.78 is 13.9. The summed E-state index contributed by atoms with van der Waals surface area (Å²) in [7, 11) is 2.03. The Kier molecular flexibility index (Phi) is 5.80. The molecule has 1 aliphatic rings. The van der Waals surface area contributed by atoms with E-state index in [1.807, 2.05) is 7.05 Å². The molecule has 0 bridgehead atoms. The van der Waals surface area contributed by atoms with E-state index in [1.54, 1.807) is 6.07 Å². The minimum atomic E-state index is -0.981. The summed E-state index contributed by atoms with van der Waals surface area (Å²) in [5.74, 6) is -2.51. The number of fused-ring (bicyclic) bond motifs is 1. The summed E-state index contributed by atoms with van der Waals surface area (Å²) in [5, 5.41) is 12.4. The molecule has 1 fully saturated rings. The number of carboxylic acid groups (broad SMARTS) is 1. The number of hydrogen-bond donors (Lipinski definition) is 2. The molecule has 1 aromatic carbocycles. The van der Waals surface area contributed by atoms with Gasteiger partial charge in [0.25, 0.3) is 0 Å². The van der Waals surface area contributed by atoms with Crippen molar-refractivity contribution in [2.75, 3.05) is 45.1 Å². The molecule has 1 unspecified atom stereocenters. The second-order valence-electron chi connectivity index (χ2n) is 6.52. The number of nitrogens with one attached hydrogen (secondary N) is 1. The van der Waals surface area contributed by atoms with Gasteiger partial charge in [-0.2, -0.15) is 0 Å². The average molecular weight is 380 g/mol. The lowest BCUT2D eigenvalue weighted by molar-refractivity contribution is -0.144. The van der Waals surface area contributed by atoms with Crippen molar-refractivity contribution in [2.45, 2.75) is 6.42 Å². The first-order valence-electron chi connectivity index (χ1n) is 8.40. The van der Waals surface area contributed by atoms with Crippen LogP contribution in [0.4, 0.5) is 9.52 Å². The lowest BCUT2D eigenvalue weighted by atomic mass is 10.0. The maximum absolute atomic E-state index is 13.2. The van der Waals surface area contributed by atoms with Crippen LogP contribution < -0.4 is 5.32 Å². The Hall–Kier alpha value is -2.10. The molecule has 0 radical (unpaired) electrons. The van der Waals surface area contributed by atoms with Gasteiger partial charge in [0.15, 0.2) is 5.13 Å². The molecule has 140 valence electrons. The number of thiazole rings is 1. The van der Waals surface area contributed by atoms with E-state index in [4.69, 9.17) is 0 Å². The standard InChI is InChI=1S/C17H21FN4O3S/c1-21-4-6-22(7-5-21)10-11(16(24)25)8-15(23)20-17-19-13-3-2-12(18)9-14(13)26-17/h2-3,9,11H,4-8,10H2,1H3,(H,24,25)(H,19,20,23). The summed E-state index contributed by atoms with van der Waals surface area (Å²) >= 11 is 1.16. The SMILES string of the molecule is CN1CCN(CC(CC(=O)Nc2nc3ccc(F)cc3s2)C(=O)O)CC1. The highest BCUT2D eigenvalue weighted by Crippen LogP contribution is 2.26. The molecule has 1 saturated heterocycles. The molecule has 2 heterocycles. The van der Waals surface area contributed by atoms with E-state index in [0.717, 1.165) is 37.5 Å². The summed E-state index contributed by atoms with van der Waals surface area (Å²) in [4.78, 5) is 32.3. The number of amides is 1. The van der Waals surface area contributed by atoms with Crippen LogP contribution in [0.1, 0.15) is 6.42 Å². The molecule has 1 aromatic heterocycles. The van der Waals surface area contributed by atoms with Gasteiger partial charge in [0.1, 0.15) is 5.82 Å². The van der Waals surface area contributed by atoms with Crippen molar-refractivity contribution in [3.8, 4) is 0 Å². The van der Waals surface area contributed by atoms with E-state index < -0.39 is 17.8 Å². The molecule has 1 atom stereocenters. The maximum Gasteiger partial charge on any atom is 0.308 e. The van der Waals surface area contributed by atoms with E-state index in [0.29, 0.717) is 21.9 Å². The minimum Gasteiger partial charge on any atom is -0.481 e. The number of benzene rings is 1. The minimum absolute atomic E-state index is 0.119. The van der Waals surface area contributed by atoms with Crippen LogP contribution in [0.15, 0.2) is 18.2 Å². The van der Waals surface area contributed by atoms with E-state index in [1.165, 1.54) is 12.1 Å². The Morgan fingerprint density at radius 3 is 2.77 bits per heavy atom. The number of halogens is 1. The largest absolute Gasteiger partial charge is 0.481 e. The molecule has 9 heteroatoms. The zero-order chi connectivity index (χ0) is 18.7. The second-order valence-corrected chi connectivity index (χ2v) is 7.55. The van der Waals surface area contributed by atoms with Gasteiger partial charge in [0.05, 0.1) is 16.1 Å². The van der Waals surface area contributed by atoms with Gasteiger partial charge in [0.2, 0.25) is 5.91 Å². The molecule has 26 heavy (non-hydrogen) atoms. The number of aromatic nitrogens is 1. The third-order valence-corrected chi connectivity index (χ3v) is 5.39. The van der Waals surface area contributed by atoms with Gasteiger partial charge in [-0.25, -0.2) is 9.37 Å². The molecule has 2 aromatic rings. The first-order chi connectivity index (χ1) is 12.4. The molecule has 3 rings (SSSR count). The Labute approximate surface area is 154 Å². The Morgan fingerprint density at radius 1 is 1.35 bits per heavy atom. The number of carbonyl (C=O) groups excluding carboxylic acids is 1. The number of likely N-dealkylation sites (N-methyl/N-ethyl adjacent to an activating group) is 1. The molecule has 2 N–H and O–H groups in total. The number of rotatable bonds is 6. The summed E-state index contributed by atoms with van der Waals surface area (Å²) in [6, 6.07) is 4.21. The van der Waals surface area contributed by atoms with Crippen molar-refractivity contribution in [1.29, 1.82) is 0 Å². The third-order valence-electron chi connectivity index (χ3n) is 4.45. The highest BCUT2D eigenvalue weighted by molar-refractivity contribution is 7.22. The third kappa shape index (κ3) is 4.75. The van der Waals surface area contributed by atoms with Gasteiger partial charge in [-0.3, -0.25) is 14.5 Å². The van der Waals surface area contributed by atoms with Gasteiger partial charge in [-0.15, -0.1) is 0 Å². The van der Waals surface area contributed by atoms with E-state index in [-0.39, 0.29) is 12.2 Å². The zero-order valence-corrected chi connectivity index (χ0v) is 15.3. The lowest BCUT2D eigenvalue weighted by Gasteiger charge is -2.33. The second kappa shape index (κ2) is 8.07. The van der Waals surface area contributed by atoms with Crippen LogP contribution >= 0.6 is 11.3 Å². The molecule has 0 aliphatic carbocycles. The average Bonchev–Trinajstić information content (AvgIpc) is 2.97. The van der Waals surface area contributed by atoms with Gasteiger partial charge < -0.3 is 15.3 Å². The lowest BCUT2D eigenvalue weighted by Crippen LogP contribution is -2.47. The molecular weight excluding hydrogens is 359 g/mol. The van der Waals surface area contributed by atoms with Gasteiger partial charge in [0, 0.05) is 39.1 Å². The van der Waals surface area contributed by atoms with Crippen LogP contribution in [-0.2, 0) is 9.59 Å². The van der Waals surface area contributed by atoms with Crippen molar-refractivity contribution >= 4 is 38.6 Å². The van der Waals surface area contributed by atoms with Crippen LogP contribution in [0, 0.1) is 11.7 Å². The summed E-state index contributed by atoms with van der Waals surface area (Å²) in [5.41, 5.74) is 0.596. The van der Waals surface area contributed by atoms with E-state index in [2.05, 4.69) is 20.1 Å². The first-order valence-corrected chi connectivity index (χ1v) is 9.22. The Balaban J connectivity index is 1.59. The van der Waals surface area contributed by atoms with Crippen LogP contribution in [-0.4, -0.2) is 71.5 Å². The molecule has 0 spiro atoms. The van der Waals surface area contributed by atoms with E-state index >= 15 is 0 Å². The van der Waals surface area contributed by atoms with Crippen LogP contribution in [0.2, 0.25) is 0 Å². The Bertz CT molecular complexity index is 804. The van der Waals surface area contributed by atoms with Crippen molar-refractivity contribution in [1.82, 2.24) is 14.8 Å². The highest BCUT2D eigenvalue weighted by atomic mass is 32.1. The topological polar surface area (TPSA) is 85.8 Å². The van der Waals surface area contributed by atoms with Crippen LogP contribution in [0.5, 0.6) is 0 Å². The summed E-state index contributed by atoms with van der Waals surface area (Å²) in [6.07, 6.45) is -0.119. The first kappa shape index (κ1) is 18.7. The molecule has 0 saturated carbocycles. The van der Waals surface area contributed by atoms with Crippen molar-refractivity contribution in [3.05, 3.63) is 24.0 Å². The smallest absolute Gasteiger partial charge is 0.308 e. The van der Waals surface area contributed by atoms with Crippen molar-refractivity contribution < 1.29 is 19.1 Å². The zero-order valence-electron chi connectivity index (χ0n) is 14.4. The van der Waals surface area contributed by atoms with Crippen LogP contribution in [0.25, 0.3) is 10.2 Å². The normalized spacial score (nSPS) is 17.3. The number of carbonyl (C=O) groups is 2. The number of hydrogen-bond acceptors (Lipinski definition) is 6. The number of piperazine rings is 1. The van der Waals surface area contributed by atoms with Gasteiger partial charge >= 0.3 is 5.97 Å².